The lowest BCUT2D eigenvalue weighted by atomic mass is 9.99. The van der Waals surface area contributed by atoms with Gasteiger partial charge in [0.05, 0.1) is 23.7 Å². The first-order valence-electron chi connectivity index (χ1n) is 12.2. The maximum Gasteiger partial charge on any atom is 0.196 e. The van der Waals surface area contributed by atoms with Gasteiger partial charge in [-0.05, 0) is 63.1 Å². The summed E-state index contributed by atoms with van der Waals surface area (Å²) in [6, 6.07) is 11.3. The van der Waals surface area contributed by atoms with E-state index in [2.05, 4.69) is 33.2 Å². The van der Waals surface area contributed by atoms with E-state index in [1.807, 2.05) is 31.2 Å². The van der Waals surface area contributed by atoms with E-state index in [0.29, 0.717) is 34.1 Å². The molecule has 0 amide bonds. The summed E-state index contributed by atoms with van der Waals surface area (Å²) in [7, 11) is 0. The molecule has 4 heterocycles. The van der Waals surface area contributed by atoms with Gasteiger partial charge in [0.15, 0.2) is 11.2 Å². The fraction of sp³-hybridized carbons (Fsp3) is 0.321. The summed E-state index contributed by atoms with van der Waals surface area (Å²) < 4.78 is 12.1. The van der Waals surface area contributed by atoms with Crippen LogP contribution in [0.5, 0.6) is 0 Å². The number of ether oxygens (including phenoxy) is 1. The predicted octanol–water partition coefficient (Wildman–Crippen LogP) is 5.92. The third-order valence-electron chi connectivity index (χ3n) is 6.52. The largest absolute Gasteiger partial charge is 0.455 e. The monoisotopic (exact) mass is 504 g/mol. The van der Waals surface area contributed by atoms with Gasteiger partial charge in [0.1, 0.15) is 16.5 Å². The topological polar surface area (TPSA) is 80.5 Å². The van der Waals surface area contributed by atoms with Gasteiger partial charge in [0, 0.05) is 48.8 Å². The number of nitrogens with zero attached hydrogens (tertiary/aromatic N) is 3. The van der Waals surface area contributed by atoms with Crippen LogP contribution in [0, 0.1) is 13.8 Å². The molecule has 186 valence electrons. The summed E-state index contributed by atoms with van der Waals surface area (Å²) in [5.74, 6) is 1.33. The number of aryl methyl sites for hydroxylation is 1. The van der Waals surface area contributed by atoms with Crippen molar-refractivity contribution in [2.75, 3.05) is 36.5 Å². The van der Waals surface area contributed by atoms with Crippen LogP contribution in [0.3, 0.4) is 0 Å². The van der Waals surface area contributed by atoms with Gasteiger partial charge in [-0.1, -0.05) is 17.7 Å². The van der Waals surface area contributed by atoms with Gasteiger partial charge in [0.25, 0.3) is 0 Å². The Bertz CT molecular complexity index is 1450. The summed E-state index contributed by atoms with van der Waals surface area (Å²) in [6.45, 7) is 8.82. The number of rotatable bonds is 5. The lowest BCUT2D eigenvalue weighted by Crippen LogP contribution is -2.28. The van der Waals surface area contributed by atoms with E-state index in [4.69, 9.17) is 20.8 Å². The molecule has 3 aromatic heterocycles. The maximum absolute atomic E-state index is 13.4. The van der Waals surface area contributed by atoms with Crippen LogP contribution in [0.1, 0.15) is 36.1 Å². The highest BCUT2D eigenvalue weighted by Crippen LogP contribution is 2.34. The summed E-state index contributed by atoms with van der Waals surface area (Å²) in [6.07, 6.45) is 4.34. The Morgan fingerprint density at radius 2 is 2.00 bits per heavy atom. The first kappa shape index (κ1) is 24.3. The Morgan fingerprint density at radius 1 is 1.14 bits per heavy atom. The smallest absolute Gasteiger partial charge is 0.196 e. The quantitative estimate of drug-likeness (QED) is 0.338. The second kappa shape index (κ2) is 10.3. The molecule has 36 heavy (non-hydrogen) atoms. The first-order chi connectivity index (χ1) is 17.4. The number of anilines is 2. The molecule has 0 bridgehead atoms. The summed E-state index contributed by atoms with van der Waals surface area (Å²) in [5, 5.41) is 4.62. The van der Waals surface area contributed by atoms with Crippen molar-refractivity contribution in [3.8, 4) is 11.3 Å². The number of pyridine rings is 2. The van der Waals surface area contributed by atoms with Crippen molar-refractivity contribution in [2.24, 2.45) is 0 Å². The average molecular weight is 505 g/mol. The van der Waals surface area contributed by atoms with E-state index in [1.54, 1.807) is 25.4 Å². The van der Waals surface area contributed by atoms with E-state index in [9.17, 15) is 4.79 Å². The Morgan fingerprint density at radius 3 is 2.81 bits per heavy atom. The van der Waals surface area contributed by atoms with Gasteiger partial charge >= 0.3 is 0 Å². The fourth-order valence-corrected chi connectivity index (χ4v) is 4.85. The van der Waals surface area contributed by atoms with Crippen molar-refractivity contribution in [1.82, 2.24) is 9.97 Å². The Kier molecular flexibility index (Phi) is 6.94. The van der Waals surface area contributed by atoms with Crippen molar-refractivity contribution in [1.29, 1.82) is 0 Å². The normalized spacial score (nSPS) is 15.1. The van der Waals surface area contributed by atoms with E-state index < -0.39 is 0 Å². The van der Waals surface area contributed by atoms with E-state index in [1.165, 1.54) is 0 Å². The lowest BCUT2D eigenvalue weighted by Gasteiger charge is -2.26. The standard InChI is InChI=1S/C28H29ClN4O3/c1-17-14-21(27-22(15-17)25(34)18(2)26(36-27)20-6-4-9-30-16-20)19(3)31-23-7-8-24(29)32-28(23)33-10-5-12-35-13-11-33/h4,6-9,14-16,19,31H,5,10-13H2,1-3H3/t19-/m1/s1. The molecule has 1 N–H and O–H groups in total. The van der Waals surface area contributed by atoms with Gasteiger partial charge < -0.3 is 19.4 Å². The Balaban J connectivity index is 1.59. The molecule has 0 unspecified atom stereocenters. The number of halogens is 1. The molecular weight excluding hydrogens is 476 g/mol. The highest BCUT2D eigenvalue weighted by Gasteiger charge is 2.21. The molecule has 4 aromatic rings. The molecule has 0 spiro atoms. The van der Waals surface area contributed by atoms with Gasteiger partial charge in [-0.3, -0.25) is 9.78 Å². The molecule has 1 aliphatic heterocycles. The second-order valence-corrected chi connectivity index (χ2v) is 9.57. The molecule has 1 aliphatic rings. The van der Waals surface area contributed by atoms with Crippen LogP contribution in [-0.4, -0.2) is 36.3 Å². The van der Waals surface area contributed by atoms with Crippen molar-refractivity contribution in [2.45, 2.75) is 33.2 Å². The van der Waals surface area contributed by atoms with E-state index >= 15 is 0 Å². The van der Waals surface area contributed by atoms with Crippen LogP contribution < -0.4 is 15.6 Å². The molecule has 1 saturated heterocycles. The predicted molar refractivity (Wildman–Crippen MR) is 144 cm³/mol. The minimum atomic E-state index is -0.176. The number of nitrogens with one attached hydrogen (secondary N) is 1. The fourth-order valence-electron chi connectivity index (χ4n) is 4.71. The number of benzene rings is 1. The van der Waals surface area contributed by atoms with Crippen molar-refractivity contribution in [3.05, 3.63) is 80.9 Å². The van der Waals surface area contributed by atoms with Crippen LogP contribution in [0.4, 0.5) is 11.5 Å². The Hall–Kier alpha value is -3.42. The third-order valence-corrected chi connectivity index (χ3v) is 6.73. The third kappa shape index (κ3) is 4.81. The molecule has 8 heteroatoms. The molecule has 0 radical (unpaired) electrons. The zero-order valence-corrected chi connectivity index (χ0v) is 21.4. The van der Waals surface area contributed by atoms with Crippen molar-refractivity contribution >= 4 is 34.1 Å². The van der Waals surface area contributed by atoms with Crippen LogP contribution in [-0.2, 0) is 4.74 Å². The minimum absolute atomic E-state index is 0.0364. The SMILES string of the molecule is Cc1cc([C@@H](C)Nc2ccc(Cl)nc2N2CCCOCC2)c2oc(-c3cccnc3)c(C)c(=O)c2c1. The summed E-state index contributed by atoms with van der Waals surface area (Å²) in [5.41, 5.74) is 4.63. The van der Waals surface area contributed by atoms with Gasteiger partial charge in [-0.15, -0.1) is 0 Å². The molecule has 1 aromatic carbocycles. The zero-order valence-electron chi connectivity index (χ0n) is 20.7. The van der Waals surface area contributed by atoms with Crippen molar-refractivity contribution < 1.29 is 9.15 Å². The molecule has 0 aliphatic carbocycles. The van der Waals surface area contributed by atoms with Gasteiger partial charge in [-0.25, -0.2) is 4.98 Å². The average Bonchev–Trinajstić information content (AvgIpc) is 3.17. The van der Waals surface area contributed by atoms with Crippen LogP contribution >= 0.6 is 11.6 Å². The number of aromatic nitrogens is 2. The number of hydrogen-bond donors (Lipinski definition) is 1. The molecule has 5 rings (SSSR count). The maximum atomic E-state index is 13.4. The summed E-state index contributed by atoms with van der Waals surface area (Å²) >= 11 is 6.29. The summed E-state index contributed by atoms with van der Waals surface area (Å²) in [4.78, 5) is 24.4. The highest BCUT2D eigenvalue weighted by atomic mass is 35.5. The highest BCUT2D eigenvalue weighted by molar-refractivity contribution is 6.29. The molecule has 1 atom stereocenters. The van der Waals surface area contributed by atoms with E-state index in [0.717, 1.165) is 54.3 Å². The first-order valence-corrected chi connectivity index (χ1v) is 12.5. The van der Waals surface area contributed by atoms with Crippen molar-refractivity contribution in [3.63, 3.8) is 0 Å². The van der Waals surface area contributed by atoms with Crippen LogP contribution in [0.15, 0.2) is 58.0 Å². The second-order valence-electron chi connectivity index (χ2n) is 9.18. The van der Waals surface area contributed by atoms with Gasteiger partial charge in [-0.2, -0.15) is 0 Å². The number of fused-ring (bicyclic) bond motifs is 1. The van der Waals surface area contributed by atoms with E-state index in [-0.39, 0.29) is 11.5 Å². The zero-order chi connectivity index (χ0) is 25.2. The minimum Gasteiger partial charge on any atom is -0.455 e. The van der Waals surface area contributed by atoms with Crippen LogP contribution in [0.25, 0.3) is 22.3 Å². The number of hydrogen-bond acceptors (Lipinski definition) is 7. The Labute approximate surface area is 215 Å². The molecule has 7 nitrogen and oxygen atoms in total. The van der Waals surface area contributed by atoms with Crippen LogP contribution in [0.2, 0.25) is 5.15 Å². The molecular formula is C28H29ClN4O3. The van der Waals surface area contributed by atoms with Gasteiger partial charge in [0.2, 0.25) is 0 Å². The molecule has 1 fully saturated rings. The molecule has 0 saturated carbocycles. The lowest BCUT2D eigenvalue weighted by molar-refractivity contribution is 0.152.